The van der Waals surface area contributed by atoms with Gasteiger partial charge in [-0.3, -0.25) is 0 Å². The van der Waals surface area contributed by atoms with Crippen LogP contribution in [0.4, 0.5) is 0 Å². The van der Waals surface area contributed by atoms with Gasteiger partial charge in [0.05, 0.1) is 6.61 Å². The third-order valence-corrected chi connectivity index (χ3v) is 1.99. The largest absolute Gasteiger partial charge is 0.532 e. The summed E-state index contributed by atoms with van der Waals surface area (Å²) in [6.07, 6.45) is 1.62. The van der Waals surface area contributed by atoms with E-state index >= 15 is 0 Å². The zero-order chi connectivity index (χ0) is 11.2. The van der Waals surface area contributed by atoms with Crippen LogP contribution in [0.1, 0.15) is 0 Å². The van der Waals surface area contributed by atoms with Crippen LogP contribution in [0.25, 0.3) is 0 Å². The second-order valence-corrected chi connectivity index (χ2v) is 8.39. The van der Waals surface area contributed by atoms with Crippen molar-refractivity contribution in [3.8, 4) is 0 Å². The van der Waals surface area contributed by atoms with E-state index in [1.807, 2.05) is 0 Å². The Morgan fingerprint density at radius 1 is 1.36 bits per heavy atom. The van der Waals surface area contributed by atoms with Crippen molar-refractivity contribution in [2.75, 3.05) is 13.7 Å². The molecule has 0 heterocycles. The monoisotopic (exact) mass is 213 g/mol. The van der Waals surface area contributed by atoms with Crippen molar-refractivity contribution < 1.29 is 9.16 Å². The molecule has 14 heavy (non-hydrogen) atoms. The lowest BCUT2D eigenvalue weighted by Crippen LogP contribution is -2.24. The summed E-state index contributed by atoms with van der Waals surface area (Å²) in [6.45, 7) is 14.2. The highest BCUT2D eigenvalue weighted by Crippen LogP contribution is 2.09. The van der Waals surface area contributed by atoms with Crippen LogP contribution in [0.2, 0.25) is 19.6 Å². The van der Waals surface area contributed by atoms with E-state index in [9.17, 15) is 0 Å². The Bertz CT molecular complexity index is 241. The van der Waals surface area contributed by atoms with Gasteiger partial charge in [0.1, 0.15) is 0 Å². The molecule has 0 aromatic rings. The third kappa shape index (κ3) is 7.76. The molecule has 0 spiro atoms. The number of methoxy groups -OCH3 is 1. The van der Waals surface area contributed by atoms with Gasteiger partial charge >= 0.3 is 0 Å². The second kappa shape index (κ2) is 5.77. The van der Waals surface area contributed by atoms with Crippen molar-refractivity contribution in [2.45, 2.75) is 19.6 Å². The number of ether oxygens (including phenoxy) is 1. The smallest absolute Gasteiger partial charge is 0.244 e. The van der Waals surface area contributed by atoms with Gasteiger partial charge in [-0.15, -0.1) is 0 Å². The highest BCUT2D eigenvalue weighted by Gasteiger charge is 2.16. The maximum absolute atomic E-state index is 5.53. The zero-order valence-corrected chi connectivity index (χ0v) is 10.5. The maximum atomic E-state index is 5.53. The Morgan fingerprint density at radius 3 is 2.36 bits per heavy atom. The molecule has 0 unspecified atom stereocenters. The van der Waals surface area contributed by atoms with E-state index in [0.717, 1.165) is 5.57 Å². The Kier molecular flexibility index (Phi) is 5.41. The lowest BCUT2D eigenvalue weighted by atomic mass is 10.4. The molecule has 0 aromatic carbocycles. The van der Waals surface area contributed by atoms with Crippen molar-refractivity contribution in [3.63, 3.8) is 0 Å². The van der Waals surface area contributed by atoms with Crippen LogP contribution in [0, 0.1) is 0 Å². The minimum absolute atomic E-state index is 0.446. The van der Waals surface area contributed by atoms with Crippen molar-refractivity contribution >= 4 is 14.5 Å². The molecule has 0 aliphatic rings. The fourth-order valence-corrected chi connectivity index (χ4v) is 1.53. The summed E-state index contributed by atoms with van der Waals surface area (Å²) in [6, 6.07) is 0. The van der Waals surface area contributed by atoms with Crippen molar-refractivity contribution in [1.82, 2.24) is 0 Å². The first-order valence-electron chi connectivity index (χ1n) is 4.44. The molecule has 0 rings (SSSR count). The van der Waals surface area contributed by atoms with E-state index in [1.165, 1.54) is 0 Å². The Hall–Kier alpha value is -0.873. The molecule has 0 aromatic heterocycles. The molecular weight excluding hydrogens is 194 g/mol. The molecule has 0 saturated heterocycles. The number of rotatable bonds is 6. The molecule has 0 saturated carbocycles. The molecule has 3 nitrogen and oxygen atoms in total. The van der Waals surface area contributed by atoms with E-state index in [2.05, 4.69) is 37.8 Å². The summed E-state index contributed by atoms with van der Waals surface area (Å²) in [7, 11) is 0.0325. The van der Waals surface area contributed by atoms with Crippen LogP contribution in [0.15, 0.2) is 29.6 Å². The van der Waals surface area contributed by atoms with E-state index in [0.29, 0.717) is 12.5 Å². The molecule has 0 fully saturated rings. The number of hydrogen-bond acceptors (Lipinski definition) is 3. The lowest BCUT2D eigenvalue weighted by molar-refractivity contribution is 0.230. The zero-order valence-electron chi connectivity index (χ0n) is 9.46. The molecular formula is C10H19NO2Si. The Labute approximate surface area is 87.3 Å². The van der Waals surface area contributed by atoms with Gasteiger partial charge in [0.2, 0.25) is 8.32 Å². The summed E-state index contributed by atoms with van der Waals surface area (Å²) in [5.74, 6) is 0.446. The lowest BCUT2D eigenvalue weighted by Gasteiger charge is -2.17. The van der Waals surface area contributed by atoms with E-state index in [-0.39, 0.29) is 0 Å². The predicted molar refractivity (Wildman–Crippen MR) is 63.1 cm³/mol. The molecule has 0 atom stereocenters. The molecule has 0 aliphatic heterocycles. The molecule has 0 bridgehead atoms. The minimum atomic E-state index is -1.59. The molecule has 0 N–H and O–H groups in total. The van der Waals surface area contributed by atoms with Gasteiger partial charge in [0.25, 0.3) is 0 Å². The average Bonchev–Trinajstić information content (AvgIpc) is 1.98. The van der Waals surface area contributed by atoms with Crippen LogP contribution >= 0.6 is 0 Å². The number of hydrogen-bond donors (Lipinski definition) is 0. The van der Waals surface area contributed by atoms with Crippen LogP contribution in [0.3, 0.4) is 0 Å². The van der Waals surface area contributed by atoms with Crippen molar-refractivity contribution in [2.24, 2.45) is 4.99 Å². The molecule has 0 amide bonds. The standard InChI is InChI=1S/C10H19NO2Si/c1-9(8-12-3)7-11-10(2)13-14(4,5)6/h7H,1-2,8H2,3-6H3/b11-7+. The molecule has 0 aliphatic carbocycles. The number of aliphatic imine (C=N–C) groups is 1. The SMILES string of the molecule is C=C(/C=N/C(=C)O[Si](C)(C)C)COC. The Balaban J connectivity index is 4.00. The van der Waals surface area contributed by atoms with Crippen LogP contribution in [-0.4, -0.2) is 28.2 Å². The van der Waals surface area contributed by atoms with E-state index < -0.39 is 8.32 Å². The van der Waals surface area contributed by atoms with Crippen molar-refractivity contribution in [1.29, 1.82) is 0 Å². The molecule has 0 radical (unpaired) electrons. The molecule has 80 valence electrons. The highest BCUT2D eigenvalue weighted by atomic mass is 28.4. The molecule has 4 heteroatoms. The predicted octanol–water partition coefficient (Wildman–Crippen LogP) is 2.58. The maximum Gasteiger partial charge on any atom is 0.244 e. The minimum Gasteiger partial charge on any atom is -0.532 e. The van der Waals surface area contributed by atoms with Crippen LogP contribution in [-0.2, 0) is 9.16 Å². The summed E-state index contributed by atoms with van der Waals surface area (Å²) < 4.78 is 10.4. The fraction of sp³-hybridized carbons (Fsp3) is 0.500. The Morgan fingerprint density at radius 2 is 1.93 bits per heavy atom. The quantitative estimate of drug-likeness (QED) is 0.386. The van der Waals surface area contributed by atoms with Crippen LogP contribution < -0.4 is 0 Å². The first-order valence-corrected chi connectivity index (χ1v) is 7.84. The third-order valence-electron chi connectivity index (χ3n) is 1.14. The average molecular weight is 213 g/mol. The van der Waals surface area contributed by atoms with Gasteiger partial charge in [-0.25, -0.2) is 4.99 Å². The van der Waals surface area contributed by atoms with Gasteiger partial charge in [-0.05, 0) is 31.8 Å². The van der Waals surface area contributed by atoms with Gasteiger partial charge in [0.15, 0.2) is 5.88 Å². The number of nitrogens with zero attached hydrogens (tertiary/aromatic N) is 1. The summed E-state index contributed by atoms with van der Waals surface area (Å²) in [4.78, 5) is 4.04. The van der Waals surface area contributed by atoms with Gasteiger partial charge in [-0.2, -0.15) is 0 Å². The first-order chi connectivity index (χ1) is 6.35. The van der Waals surface area contributed by atoms with E-state index in [4.69, 9.17) is 9.16 Å². The van der Waals surface area contributed by atoms with Gasteiger partial charge < -0.3 is 9.16 Å². The topological polar surface area (TPSA) is 30.8 Å². The van der Waals surface area contributed by atoms with Crippen molar-refractivity contribution in [3.05, 3.63) is 24.6 Å². The normalized spacial score (nSPS) is 11.7. The fourth-order valence-electron chi connectivity index (χ4n) is 0.766. The van der Waals surface area contributed by atoms with Gasteiger partial charge in [-0.1, -0.05) is 6.58 Å². The summed E-state index contributed by atoms with van der Waals surface area (Å²) in [5.41, 5.74) is 0.799. The highest BCUT2D eigenvalue weighted by molar-refractivity contribution is 6.70. The van der Waals surface area contributed by atoms with E-state index in [1.54, 1.807) is 13.3 Å². The first kappa shape index (κ1) is 13.1. The van der Waals surface area contributed by atoms with Gasteiger partial charge in [0, 0.05) is 13.3 Å². The summed E-state index contributed by atoms with van der Waals surface area (Å²) in [5, 5.41) is 0. The summed E-state index contributed by atoms with van der Waals surface area (Å²) >= 11 is 0. The second-order valence-electron chi connectivity index (χ2n) is 3.96. The van der Waals surface area contributed by atoms with Crippen LogP contribution in [0.5, 0.6) is 0 Å².